The molecule has 36 heavy (non-hydrogen) atoms. The topological polar surface area (TPSA) is 96.2 Å². The maximum absolute atomic E-state index is 12.9. The largest absolute Gasteiger partial charge is 0.459 e. The van der Waals surface area contributed by atoms with Gasteiger partial charge in [-0.25, -0.2) is 0 Å². The second kappa shape index (κ2) is 15.1. The Balaban J connectivity index is 2.21. The highest BCUT2D eigenvalue weighted by Crippen LogP contribution is 2.31. The molecule has 200 valence electrons. The summed E-state index contributed by atoms with van der Waals surface area (Å²) in [6.07, 6.45) is 13.8. The molecule has 0 aliphatic carbocycles. The number of allylic oxidation sites excluding steroid dienone is 7. The van der Waals surface area contributed by atoms with Gasteiger partial charge in [-0.3, -0.25) is 4.79 Å². The molecule has 0 spiro atoms. The Morgan fingerprint density at radius 1 is 1.11 bits per heavy atom. The Kier molecular flexibility index (Phi) is 12.6. The summed E-state index contributed by atoms with van der Waals surface area (Å²) < 4.78 is 12.0. The van der Waals surface area contributed by atoms with E-state index >= 15 is 0 Å². The van der Waals surface area contributed by atoms with Crippen molar-refractivity contribution in [1.29, 1.82) is 0 Å². The van der Waals surface area contributed by atoms with Gasteiger partial charge in [0.15, 0.2) is 0 Å². The van der Waals surface area contributed by atoms with Crippen molar-refractivity contribution in [2.75, 3.05) is 0 Å². The lowest BCUT2D eigenvalue weighted by Crippen LogP contribution is -2.44. The molecule has 0 aromatic carbocycles. The number of rotatable bonds is 6. The average molecular weight is 501 g/mol. The number of hydrogen-bond acceptors (Lipinski definition) is 6. The molecule has 2 heterocycles. The summed E-state index contributed by atoms with van der Waals surface area (Å²) in [4.78, 5) is 12.9. The standard InChI is InChI=1S/C30H44O6/c1-20(2)11-10-12-21(3)19-23(5)29-28(33)27-18-17-24(35-27)14-7-9-16-26(32)25(31)15-8-6-13-22(4)30(34)36-29/h6,8-10,12-13,15-16,22-29,31-33H,1,3,7,11,14,17-19H2,2,4-5H3/b12-10+,13-6+,15-8+,16-9+/t22-,23+,24+,25-,26-,27+,28-,29-/m1/s1. The first-order valence-corrected chi connectivity index (χ1v) is 13.0. The second-order valence-corrected chi connectivity index (χ2v) is 10.2. The number of aliphatic hydroxyl groups is 3. The van der Waals surface area contributed by atoms with Gasteiger partial charge < -0.3 is 24.8 Å². The van der Waals surface area contributed by atoms with Crippen molar-refractivity contribution < 1.29 is 29.6 Å². The number of carbonyl (C=O) groups is 1. The average Bonchev–Trinajstić information content (AvgIpc) is 3.30. The van der Waals surface area contributed by atoms with Gasteiger partial charge in [0.2, 0.25) is 0 Å². The van der Waals surface area contributed by atoms with Gasteiger partial charge in [-0.15, -0.1) is 0 Å². The number of cyclic esters (lactones) is 1. The predicted octanol–water partition coefficient (Wildman–Crippen LogP) is 4.73. The minimum absolute atomic E-state index is 0.0244. The molecule has 8 atom stereocenters. The van der Waals surface area contributed by atoms with Crippen molar-refractivity contribution in [1.82, 2.24) is 0 Å². The normalized spacial score (nSPS) is 35.8. The van der Waals surface area contributed by atoms with Crippen LogP contribution < -0.4 is 0 Å². The Morgan fingerprint density at radius 3 is 2.53 bits per heavy atom. The minimum atomic E-state index is -1.04. The molecule has 2 aliphatic rings. The van der Waals surface area contributed by atoms with E-state index in [0.29, 0.717) is 19.3 Å². The fraction of sp³-hybridized carbons (Fsp3) is 0.567. The molecule has 0 amide bonds. The molecule has 0 unspecified atom stereocenters. The van der Waals surface area contributed by atoms with Gasteiger partial charge in [-0.05, 0) is 58.3 Å². The third-order valence-corrected chi connectivity index (χ3v) is 6.60. The zero-order valence-corrected chi connectivity index (χ0v) is 22.0. The Morgan fingerprint density at radius 2 is 1.81 bits per heavy atom. The highest BCUT2D eigenvalue weighted by Gasteiger charge is 2.39. The Bertz CT molecular complexity index is 854. The van der Waals surface area contributed by atoms with E-state index in [1.54, 1.807) is 31.2 Å². The number of carbonyl (C=O) groups excluding carboxylic acids is 1. The molecule has 2 aliphatic heterocycles. The number of ether oxygens (including phenoxy) is 2. The van der Waals surface area contributed by atoms with Crippen LogP contribution in [0.3, 0.4) is 0 Å². The summed E-state index contributed by atoms with van der Waals surface area (Å²) >= 11 is 0. The maximum Gasteiger partial charge on any atom is 0.312 e. The SMILES string of the molecule is C=C(C)C/C=C/C(=C)C[C@H](C)[C@H]1OC(=O)[C@H](C)/C=C/C=C/[C@@H](O)[C@H](O)/C=C/CC[C@H]2CC[C@H](O2)[C@H]1O. The van der Waals surface area contributed by atoms with E-state index in [1.165, 1.54) is 6.08 Å². The number of esters is 1. The van der Waals surface area contributed by atoms with Crippen molar-refractivity contribution in [3.05, 3.63) is 72.9 Å². The second-order valence-electron chi connectivity index (χ2n) is 10.2. The van der Waals surface area contributed by atoms with Crippen LogP contribution in [0.2, 0.25) is 0 Å². The molecule has 0 radical (unpaired) electrons. The summed E-state index contributed by atoms with van der Waals surface area (Å²) in [6.45, 7) is 13.7. The summed E-state index contributed by atoms with van der Waals surface area (Å²) in [5, 5.41) is 31.5. The highest BCUT2D eigenvalue weighted by atomic mass is 16.6. The van der Waals surface area contributed by atoms with Crippen LogP contribution >= 0.6 is 0 Å². The van der Waals surface area contributed by atoms with E-state index in [-0.39, 0.29) is 12.0 Å². The number of hydrogen-bond donors (Lipinski definition) is 3. The van der Waals surface area contributed by atoms with E-state index < -0.39 is 42.4 Å². The summed E-state index contributed by atoms with van der Waals surface area (Å²) in [6, 6.07) is 0. The lowest BCUT2D eigenvalue weighted by atomic mass is 9.89. The third-order valence-electron chi connectivity index (χ3n) is 6.60. The molecule has 6 nitrogen and oxygen atoms in total. The van der Waals surface area contributed by atoms with Gasteiger partial charge in [0.25, 0.3) is 0 Å². The van der Waals surface area contributed by atoms with Gasteiger partial charge in [0.05, 0.1) is 18.1 Å². The Labute approximate surface area is 216 Å². The fourth-order valence-corrected chi connectivity index (χ4v) is 4.43. The van der Waals surface area contributed by atoms with Crippen LogP contribution in [-0.4, -0.2) is 57.9 Å². The van der Waals surface area contributed by atoms with Crippen LogP contribution in [0, 0.1) is 11.8 Å². The first-order valence-electron chi connectivity index (χ1n) is 13.0. The molecule has 0 aromatic heterocycles. The van der Waals surface area contributed by atoms with Gasteiger partial charge in [-0.2, -0.15) is 0 Å². The van der Waals surface area contributed by atoms with Crippen molar-refractivity contribution in [2.45, 2.75) is 95.9 Å². The van der Waals surface area contributed by atoms with Crippen LogP contribution in [0.15, 0.2) is 72.9 Å². The molecule has 2 bridgehead atoms. The van der Waals surface area contributed by atoms with Crippen molar-refractivity contribution in [2.24, 2.45) is 11.8 Å². The minimum Gasteiger partial charge on any atom is -0.459 e. The summed E-state index contributed by atoms with van der Waals surface area (Å²) in [5.74, 6) is -1.18. The molecule has 1 fully saturated rings. The molecule has 0 aromatic rings. The zero-order valence-electron chi connectivity index (χ0n) is 22.0. The molecular weight excluding hydrogens is 456 g/mol. The lowest BCUT2D eigenvalue weighted by molar-refractivity contribution is -0.170. The van der Waals surface area contributed by atoms with Crippen LogP contribution in [0.25, 0.3) is 0 Å². The van der Waals surface area contributed by atoms with Crippen molar-refractivity contribution >= 4 is 5.97 Å². The van der Waals surface area contributed by atoms with Gasteiger partial charge in [0.1, 0.15) is 24.4 Å². The monoisotopic (exact) mass is 500 g/mol. The van der Waals surface area contributed by atoms with Crippen LogP contribution in [0.1, 0.15) is 59.3 Å². The smallest absolute Gasteiger partial charge is 0.312 e. The molecule has 3 N–H and O–H groups in total. The lowest BCUT2D eigenvalue weighted by Gasteiger charge is -2.32. The molecule has 1 saturated heterocycles. The predicted molar refractivity (Wildman–Crippen MR) is 143 cm³/mol. The molecule has 2 rings (SSSR count). The third kappa shape index (κ3) is 10.0. The Hall–Kier alpha value is -2.25. The molecule has 6 heteroatoms. The number of fused-ring (bicyclic) bond motifs is 2. The van der Waals surface area contributed by atoms with Gasteiger partial charge in [-0.1, -0.05) is 79.8 Å². The summed E-state index contributed by atoms with van der Waals surface area (Å²) in [7, 11) is 0. The quantitative estimate of drug-likeness (QED) is 0.277. The van der Waals surface area contributed by atoms with Gasteiger partial charge in [0, 0.05) is 0 Å². The van der Waals surface area contributed by atoms with Crippen LogP contribution in [0.5, 0.6) is 0 Å². The number of aliphatic hydroxyl groups excluding tert-OH is 3. The summed E-state index contributed by atoms with van der Waals surface area (Å²) in [5.41, 5.74) is 1.95. The van der Waals surface area contributed by atoms with Crippen molar-refractivity contribution in [3.63, 3.8) is 0 Å². The maximum atomic E-state index is 12.9. The molecule has 0 saturated carbocycles. The van der Waals surface area contributed by atoms with E-state index in [4.69, 9.17) is 9.47 Å². The van der Waals surface area contributed by atoms with E-state index in [9.17, 15) is 20.1 Å². The first-order chi connectivity index (χ1) is 17.1. The first kappa shape index (κ1) is 30.0. The van der Waals surface area contributed by atoms with E-state index in [0.717, 1.165) is 30.4 Å². The highest BCUT2D eigenvalue weighted by molar-refractivity contribution is 5.74. The van der Waals surface area contributed by atoms with Crippen LogP contribution in [-0.2, 0) is 14.3 Å². The zero-order chi connectivity index (χ0) is 26.7. The van der Waals surface area contributed by atoms with E-state index in [1.807, 2.05) is 32.1 Å². The van der Waals surface area contributed by atoms with Crippen LogP contribution in [0.4, 0.5) is 0 Å². The van der Waals surface area contributed by atoms with Gasteiger partial charge >= 0.3 is 5.97 Å². The van der Waals surface area contributed by atoms with E-state index in [2.05, 4.69) is 13.2 Å². The molecular formula is C30H44O6. The van der Waals surface area contributed by atoms with Crippen molar-refractivity contribution in [3.8, 4) is 0 Å². The fourth-order valence-electron chi connectivity index (χ4n) is 4.43.